The molecule has 1 aliphatic rings. The summed E-state index contributed by atoms with van der Waals surface area (Å²) in [5.74, 6) is -0.193. The topological polar surface area (TPSA) is 59.6 Å². The van der Waals surface area contributed by atoms with Crippen LogP contribution in [0.15, 0.2) is 41.1 Å². The van der Waals surface area contributed by atoms with Crippen LogP contribution in [0.25, 0.3) is 5.70 Å². The maximum absolute atomic E-state index is 9.34. The second kappa shape index (κ2) is 5.18. The van der Waals surface area contributed by atoms with E-state index in [1.807, 2.05) is 26.0 Å². The third kappa shape index (κ3) is 2.34. The average molecular weight is 270 g/mol. The van der Waals surface area contributed by atoms with Gasteiger partial charge in [0.1, 0.15) is 0 Å². The number of rotatable bonds is 1. The molecule has 1 heterocycles. The highest BCUT2D eigenvalue weighted by molar-refractivity contribution is 6.30. The second-order valence-electron chi connectivity index (χ2n) is 4.40. The Balaban J connectivity index is 2.54. The summed E-state index contributed by atoms with van der Waals surface area (Å²) in [6, 6.07) is 11.6. The van der Waals surface area contributed by atoms with Crippen molar-refractivity contribution < 1.29 is 0 Å². The number of nitrogens with one attached hydrogen (secondary N) is 1. The van der Waals surface area contributed by atoms with Crippen molar-refractivity contribution in [2.45, 2.75) is 13.8 Å². The number of hydrogen-bond acceptors (Lipinski definition) is 3. The third-order valence-corrected chi connectivity index (χ3v) is 3.48. The third-order valence-electron chi connectivity index (χ3n) is 3.23. The summed E-state index contributed by atoms with van der Waals surface area (Å²) in [5, 5.41) is 22.3. The number of dihydropyridines is 1. The SMILES string of the molecule is CC1=C(C#N)[C@@H](C)C(C#N)=C(c2ccc(Cl)cc2)N1. The molecule has 0 fully saturated rings. The van der Waals surface area contributed by atoms with Gasteiger partial charge in [-0.05, 0) is 24.6 Å². The fourth-order valence-corrected chi connectivity index (χ4v) is 2.31. The molecule has 0 aromatic heterocycles. The van der Waals surface area contributed by atoms with E-state index in [0.717, 1.165) is 17.0 Å². The van der Waals surface area contributed by atoms with Crippen LogP contribution in [-0.4, -0.2) is 0 Å². The summed E-state index contributed by atoms with van der Waals surface area (Å²) in [4.78, 5) is 0. The largest absolute Gasteiger partial charge is 0.357 e. The monoisotopic (exact) mass is 269 g/mol. The van der Waals surface area contributed by atoms with Gasteiger partial charge in [0.2, 0.25) is 0 Å². The molecule has 1 aromatic rings. The van der Waals surface area contributed by atoms with Gasteiger partial charge < -0.3 is 5.32 Å². The fraction of sp³-hybridized carbons (Fsp3) is 0.200. The van der Waals surface area contributed by atoms with Crippen molar-refractivity contribution in [1.82, 2.24) is 5.32 Å². The van der Waals surface area contributed by atoms with Gasteiger partial charge in [0.05, 0.1) is 29.0 Å². The summed E-state index contributed by atoms with van der Waals surface area (Å²) in [6.45, 7) is 3.72. The molecule has 0 amide bonds. The highest BCUT2D eigenvalue weighted by Gasteiger charge is 2.26. The van der Waals surface area contributed by atoms with Crippen molar-refractivity contribution in [3.05, 3.63) is 51.7 Å². The van der Waals surface area contributed by atoms with Crippen molar-refractivity contribution in [2.24, 2.45) is 5.92 Å². The molecule has 2 rings (SSSR count). The van der Waals surface area contributed by atoms with Gasteiger partial charge in [-0.25, -0.2) is 0 Å². The standard InChI is InChI=1S/C15H12ClN3/c1-9-13(7-17)10(2)19-15(14(9)8-18)11-3-5-12(16)6-4-11/h3-6,9,19H,1-2H3/t9-/m1/s1. The van der Waals surface area contributed by atoms with Crippen molar-refractivity contribution in [1.29, 1.82) is 10.5 Å². The van der Waals surface area contributed by atoms with E-state index in [1.165, 1.54) is 0 Å². The molecule has 1 N–H and O–H groups in total. The molecule has 0 unspecified atom stereocenters. The highest BCUT2D eigenvalue weighted by atomic mass is 35.5. The Morgan fingerprint density at radius 2 is 1.68 bits per heavy atom. The smallest absolute Gasteiger partial charge is 0.0975 e. The zero-order chi connectivity index (χ0) is 14.0. The molecule has 0 bridgehead atoms. The van der Waals surface area contributed by atoms with Crippen molar-refractivity contribution in [3.63, 3.8) is 0 Å². The Kier molecular flexibility index (Phi) is 3.60. The predicted octanol–water partition coefficient (Wildman–Crippen LogP) is 3.61. The number of allylic oxidation sites excluding steroid dienone is 3. The lowest BCUT2D eigenvalue weighted by Gasteiger charge is -2.25. The minimum atomic E-state index is -0.193. The Labute approximate surface area is 117 Å². The van der Waals surface area contributed by atoms with Gasteiger partial charge in [-0.2, -0.15) is 10.5 Å². The van der Waals surface area contributed by atoms with Gasteiger partial charge in [0.15, 0.2) is 0 Å². The normalized spacial score (nSPS) is 18.7. The van der Waals surface area contributed by atoms with Crippen molar-refractivity contribution in [3.8, 4) is 12.1 Å². The van der Waals surface area contributed by atoms with Crippen molar-refractivity contribution >= 4 is 17.3 Å². The van der Waals surface area contributed by atoms with Crippen LogP contribution in [-0.2, 0) is 0 Å². The molecule has 1 aliphatic heterocycles. The summed E-state index contributed by atoms with van der Waals surface area (Å²) in [6.07, 6.45) is 0. The maximum Gasteiger partial charge on any atom is 0.0975 e. The van der Waals surface area contributed by atoms with Crippen LogP contribution < -0.4 is 5.32 Å². The van der Waals surface area contributed by atoms with E-state index in [9.17, 15) is 5.26 Å². The second-order valence-corrected chi connectivity index (χ2v) is 4.84. The van der Waals surface area contributed by atoms with Gasteiger partial charge in [0.25, 0.3) is 0 Å². The van der Waals surface area contributed by atoms with Crippen LogP contribution >= 0.6 is 11.6 Å². The first-order chi connectivity index (χ1) is 9.08. The van der Waals surface area contributed by atoms with Gasteiger partial charge >= 0.3 is 0 Å². The molecule has 4 heteroatoms. The van der Waals surface area contributed by atoms with Gasteiger partial charge in [-0.1, -0.05) is 30.7 Å². The van der Waals surface area contributed by atoms with E-state index in [0.29, 0.717) is 16.2 Å². The van der Waals surface area contributed by atoms with Gasteiger partial charge in [-0.15, -0.1) is 0 Å². The molecule has 1 aromatic carbocycles. The van der Waals surface area contributed by atoms with Gasteiger partial charge in [-0.3, -0.25) is 0 Å². The quantitative estimate of drug-likeness (QED) is 0.847. The molecule has 0 saturated heterocycles. The van der Waals surface area contributed by atoms with Crippen LogP contribution in [0.1, 0.15) is 19.4 Å². The lowest BCUT2D eigenvalue weighted by molar-refractivity contribution is 0.791. The van der Waals surface area contributed by atoms with E-state index in [4.69, 9.17) is 16.9 Å². The summed E-state index contributed by atoms with van der Waals surface area (Å²) in [7, 11) is 0. The first kappa shape index (κ1) is 13.2. The predicted molar refractivity (Wildman–Crippen MR) is 74.6 cm³/mol. The van der Waals surface area contributed by atoms with E-state index < -0.39 is 0 Å². The van der Waals surface area contributed by atoms with Crippen LogP contribution in [0, 0.1) is 28.6 Å². The Morgan fingerprint density at radius 1 is 1.11 bits per heavy atom. The summed E-state index contributed by atoms with van der Waals surface area (Å²) >= 11 is 5.87. The Hall–Kier alpha value is -2.23. The fourth-order valence-electron chi connectivity index (χ4n) is 2.19. The van der Waals surface area contributed by atoms with E-state index in [-0.39, 0.29) is 5.92 Å². The highest BCUT2D eigenvalue weighted by Crippen LogP contribution is 2.32. The van der Waals surface area contributed by atoms with E-state index >= 15 is 0 Å². The maximum atomic E-state index is 9.34. The molecule has 0 radical (unpaired) electrons. The van der Waals surface area contributed by atoms with Gasteiger partial charge in [0, 0.05) is 16.6 Å². The van der Waals surface area contributed by atoms with E-state index in [1.54, 1.807) is 12.1 Å². The first-order valence-corrected chi connectivity index (χ1v) is 6.24. The van der Waals surface area contributed by atoms with Crippen LogP contribution in [0.4, 0.5) is 0 Å². The zero-order valence-corrected chi connectivity index (χ0v) is 11.4. The number of nitriles is 2. The van der Waals surface area contributed by atoms with Crippen LogP contribution in [0.2, 0.25) is 5.02 Å². The minimum Gasteiger partial charge on any atom is -0.357 e. The zero-order valence-electron chi connectivity index (χ0n) is 10.7. The molecule has 0 spiro atoms. The lowest BCUT2D eigenvalue weighted by atomic mass is 9.86. The molecular formula is C15H12ClN3. The number of halogens is 1. The Morgan fingerprint density at radius 3 is 2.21 bits per heavy atom. The average Bonchev–Trinajstić information content (AvgIpc) is 2.39. The van der Waals surface area contributed by atoms with Crippen molar-refractivity contribution in [2.75, 3.05) is 0 Å². The molecular weight excluding hydrogens is 258 g/mol. The molecule has 19 heavy (non-hydrogen) atoms. The molecule has 3 nitrogen and oxygen atoms in total. The van der Waals surface area contributed by atoms with E-state index in [2.05, 4.69) is 17.5 Å². The number of benzene rings is 1. The number of nitrogens with zero attached hydrogens (tertiary/aromatic N) is 2. The van der Waals surface area contributed by atoms with Crippen LogP contribution in [0.3, 0.4) is 0 Å². The number of hydrogen-bond donors (Lipinski definition) is 1. The summed E-state index contributed by atoms with van der Waals surface area (Å²) in [5.41, 5.74) is 3.62. The molecule has 1 atom stereocenters. The molecule has 94 valence electrons. The molecule has 0 aliphatic carbocycles. The lowest BCUT2D eigenvalue weighted by Crippen LogP contribution is -2.23. The minimum absolute atomic E-state index is 0.193. The van der Waals surface area contributed by atoms with Crippen LogP contribution in [0.5, 0.6) is 0 Å². The first-order valence-electron chi connectivity index (χ1n) is 5.86. The Bertz CT molecular complexity index is 654. The summed E-state index contributed by atoms with van der Waals surface area (Å²) < 4.78 is 0. The molecule has 0 saturated carbocycles.